The summed E-state index contributed by atoms with van der Waals surface area (Å²) in [6.45, 7) is 9.39. The van der Waals surface area contributed by atoms with Crippen molar-refractivity contribution in [3.05, 3.63) is 16.8 Å². The third kappa shape index (κ3) is 3.30. The van der Waals surface area contributed by atoms with Crippen molar-refractivity contribution in [2.24, 2.45) is 5.92 Å². The summed E-state index contributed by atoms with van der Waals surface area (Å²) in [6.07, 6.45) is 1.56. The first-order valence-electron chi connectivity index (χ1n) is 7.82. The molecule has 3 rings (SSSR count). The van der Waals surface area contributed by atoms with E-state index in [0.29, 0.717) is 30.6 Å². The van der Waals surface area contributed by atoms with Gasteiger partial charge in [0.25, 0.3) is 0 Å². The van der Waals surface area contributed by atoms with Crippen molar-refractivity contribution >= 4 is 33.3 Å². The van der Waals surface area contributed by atoms with Crippen LogP contribution < -0.4 is 4.90 Å². The van der Waals surface area contributed by atoms with E-state index >= 15 is 0 Å². The average molecular weight is 335 g/mol. The van der Waals surface area contributed by atoms with Crippen molar-refractivity contribution in [3.8, 4) is 0 Å². The lowest BCUT2D eigenvalue weighted by Crippen LogP contribution is -2.36. The van der Waals surface area contributed by atoms with Crippen molar-refractivity contribution in [1.29, 1.82) is 0 Å². The van der Waals surface area contributed by atoms with Crippen LogP contribution in [0.5, 0.6) is 0 Å². The van der Waals surface area contributed by atoms with Gasteiger partial charge in [0.05, 0.1) is 25.2 Å². The molecule has 2 aromatic rings. The Kier molecular flexibility index (Phi) is 4.77. The summed E-state index contributed by atoms with van der Waals surface area (Å²) in [5.74, 6) is 0.930. The van der Waals surface area contributed by atoms with Gasteiger partial charge in [-0.1, -0.05) is 13.8 Å². The Morgan fingerprint density at radius 3 is 2.83 bits per heavy atom. The summed E-state index contributed by atoms with van der Waals surface area (Å²) < 4.78 is 10.8. The fourth-order valence-electron chi connectivity index (χ4n) is 2.57. The quantitative estimate of drug-likeness (QED) is 0.801. The summed E-state index contributed by atoms with van der Waals surface area (Å²) in [6, 6.07) is 0. The molecule has 3 heterocycles. The molecule has 0 aromatic carbocycles. The van der Waals surface area contributed by atoms with Gasteiger partial charge in [-0.15, -0.1) is 11.3 Å². The van der Waals surface area contributed by atoms with E-state index in [2.05, 4.69) is 14.9 Å². The first-order chi connectivity index (χ1) is 11.1. The number of hydrogen-bond acceptors (Lipinski definition) is 7. The van der Waals surface area contributed by atoms with E-state index in [1.54, 1.807) is 6.33 Å². The van der Waals surface area contributed by atoms with Crippen LogP contribution in [-0.2, 0) is 9.47 Å². The number of hydrogen-bond donors (Lipinski definition) is 0. The number of aromatic nitrogens is 2. The second-order valence-electron chi connectivity index (χ2n) is 6.03. The second-order valence-corrected chi connectivity index (χ2v) is 7.02. The van der Waals surface area contributed by atoms with Crippen molar-refractivity contribution in [2.45, 2.75) is 20.8 Å². The van der Waals surface area contributed by atoms with Crippen molar-refractivity contribution in [3.63, 3.8) is 0 Å². The lowest BCUT2D eigenvalue weighted by Gasteiger charge is -2.28. The van der Waals surface area contributed by atoms with Gasteiger partial charge in [-0.05, 0) is 18.4 Å². The minimum Gasteiger partial charge on any atom is -0.461 e. The minimum atomic E-state index is -0.271. The van der Waals surface area contributed by atoms with Crippen LogP contribution in [0.3, 0.4) is 0 Å². The SMILES string of the molecule is Cc1c(C(=O)OCC(C)C)sc2ncnc(N3CCOCC3)c12. The molecule has 1 saturated heterocycles. The van der Waals surface area contributed by atoms with Crippen LogP contribution in [-0.4, -0.2) is 48.8 Å². The van der Waals surface area contributed by atoms with Crippen molar-refractivity contribution < 1.29 is 14.3 Å². The Labute approximate surface area is 139 Å². The van der Waals surface area contributed by atoms with Gasteiger partial charge in [0, 0.05) is 13.1 Å². The number of thiophene rings is 1. The molecule has 0 bridgehead atoms. The molecule has 0 radical (unpaired) electrons. The van der Waals surface area contributed by atoms with Crippen LogP contribution in [0.4, 0.5) is 5.82 Å². The molecule has 0 N–H and O–H groups in total. The first kappa shape index (κ1) is 16.1. The maximum absolute atomic E-state index is 12.3. The number of aryl methyl sites for hydroxylation is 1. The van der Waals surface area contributed by atoms with Crippen LogP contribution in [0.25, 0.3) is 10.2 Å². The number of anilines is 1. The van der Waals surface area contributed by atoms with E-state index in [9.17, 15) is 4.79 Å². The molecule has 0 aliphatic carbocycles. The van der Waals surface area contributed by atoms with E-state index in [1.165, 1.54) is 11.3 Å². The zero-order valence-electron chi connectivity index (χ0n) is 13.7. The van der Waals surface area contributed by atoms with E-state index in [-0.39, 0.29) is 5.97 Å². The molecule has 0 saturated carbocycles. The summed E-state index contributed by atoms with van der Waals surface area (Å²) in [4.78, 5) is 24.8. The highest BCUT2D eigenvalue weighted by Crippen LogP contribution is 2.35. The Hall–Kier alpha value is -1.73. The zero-order chi connectivity index (χ0) is 16.4. The monoisotopic (exact) mass is 335 g/mol. The fraction of sp³-hybridized carbons (Fsp3) is 0.562. The molecule has 0 spiro atoms. The van der Waals surface area contributed by atoms with Gasteiger partial charge in [0.2, 0.25) is 0 Å². The summed E-state index contributed by atoms with van der Waals surface area (Å²) in [5, 5.41) is 0.955. The number of carbonyl (C=O) groups excluding carboxylic acids is 1. The lowest BCUT2D eigenvalue weighted by atomic mass is 10.2. The summed E-state index contributed by atoms with van der Waals surface area (Å²) >= 11 is 1.38. The van der Waals surface area contributed by atoms with Crippen LogP contribution in [0.2, 0.25) is 0 Å². The Morgan fingerprint density at radius 1 is 1.39 bits per heavy atom. The predicted molar refractivity (Wildman–Crippen MR) is 90.3 cm³/mol. The molecule has 0 atom stereocenters. The topological polar surface area (TPSA) is 64.5 Å². The van der Waals surface area contributed by atoms with Gasteiger partial charge in [-0.3, -0.25) is 0 Å². The van der Waals surface area contributed by atoms with Crippen LogP contribution in [0.15, 0.2) is 6.33 Å². The highest BCUT2D eigenvalue weighted by atomic mass is 32.1. The number of rotatable bonds is 4. The Balaban J connectivity index is 1.96. The van der Waals surface area contributed by atoms with Gasteiger partial charge < -0.3 is 14.4 Å². The molecule has 0 unspecified atom stereocenters. The maximum Gasteiger partial charge on any atom is 0.348 e. The minimum absolute atomic E-state index is 0.271. The molecule has 1 aliphatic heterocycles. The molecule has 124 valence electrons. The normalized spacial score (nSPS) is 15.4. The van der Waals surface area contributed by atoms with Crippen LogP contribution in [0, 0.1) is 12.8 Å². The van der Waals surface area contributed by atoms with E-state index in [0.717, 1.165) is 34.7 Å². The number of morpholine rings is 1. The number of fused-ring (bicyclic) bond motifs is 1. The van der Waals surface area contributed by atoms with Gasteiger partial charge in [-0.2, -0.15) is 0 Å². The molecular weight excluding hydrogens is 314 g/mol. The second kappa shape index (κ2) is 6.80. The van der Waals surface area contributed by atoms with Gasteiger partial charge in [-0.25, -0.2) is 14.8 Å². The largest absolute Gasteiger partial charge is 0.461 e. The molecule has 1 aliphatic rings. The Bertz CT molecular complexity index is 708. The smallest absolute Gasteiger partial charge is 0.348 e. The molecule has 7 heteroatoms. The number of nitrogens with zero attached hydrogens (tertiary/aromatic N) is 3. The predicted octanol–water partition coefficient (Wildman–Crippen LogP) is 2.65. The average Bonchev–Trinajstić information content (AvgIpc) is 2.90. The Morgan fingerprint density at radius 2 is 2.13 bits per heavy atom. The number of carbonyl (C=O) groups is 1. The highest BCUT2D eigenvalue weighted by Gasteiger charge is 2.23. The molecule has 0 amide bonds. The lowest BCUT2D eigenvalue weighted by molar-refractivity contribution is 0.0464. The van der Waals surface area contributed by atoms with Crippen LogP contribution in [0.1, 0.15) is 29.1 Å². The van der Waals surface area contributed by atoms with Crippen LogP contribution >= 0.6 is 11.3 Å². The van der Waals surface area contributed by atoms with Gasteiger partial charge in [0.15, 0.2) is 0 Å². The molecule has 23 heavy (non-hydrogen) atoms. The van der Waals surface area contributed by atoms with Crippen molar-refractivity contribution in [2.75, 3.05) is 37.8 Å². The standard InChI is InChI=1S/C16H21N3O3S/c1-10(2)8-22-16(20)13-11(3)12-14(17-9-18-15(12)23-13)19-4-6-21-7-5-19/h9-10H,4-8H2,1-3H3. The fourth-order valence-corrected chi connectivity index (χ4v) is 3.61. The molecule has 1 fully saturated rings. The maximum atomic E-state index is 12.3. The molecule has 2 aromatic heterocycles. The summed E-state index contributed by atoms with van der Waals surface area (Å²) in [7, 11) is 0. The number of esters is 1. The first-order valence-corrected chi connectivity index (χ1v) is 8.63. The van der Waals surface area contributed by atoms with E-state index < -0.39 is 0 Å². The summed E-state index contributed by atoms with van der Waals surface area (Å²) in [5.41, 5.74) is 0.904. The van der Waals surface area contributed by atoms with Crippen molar-refractivity contribution in [1.82, 2.24) is 9.97 Å². The third-order valence-corrected chi connectivity index (χ3v) is 4.93. The van der Waals surface area contributed by atoms with E-state index in [4.69, 9.17) is 9.47 Å². The van der Waals surface area contributed by atoms with Gasteiger partial charge >= 0.3 is 5.97 Å². The molecule has 6 nitrogen and oxygen atoms in total. The zero-order valence-corrected chi connectivity index (χ0v) is 14.5. The van der Waals surface area contributed by atoms with Gasteiger partial charge in [0.1, 0.15) is 21.9 Å². The third-order valence-electron chi connectivity index (χ3n) is 3.75. The van der Waals surface area contributed by atoms with E-state index in [1.807, 2.05) is 20.8 Å². The molecular formula is C16H21N3O3S. The highest BCUT2D eigenvalue weighted by molar-refractivity contribution is 7.20. The number of ether oxygens (including phenoxy) is 2.